The minimum atomic E-state index is 0.638. The molecule has 4 heteroatoms. The number of aryl methyl sites for hydroxylation is 1. The highest BCUT2D eigenvalue weighted by Crippen LogP contribution is 2.28. The van der Waals surface area contributed by atoms with E-state index in [4.69, 9.17) is 4.42 Å². The van der Waals surface area contributed by atoms with E-state index in [-0.39, 0.29) is 0 Å². The summed E-state index contributed by atoms with van der Waals surface area (Å²) < 4.78 is 6.96. The Bertz CT molecular complexity index is 1160. The summed E-state index contributed by atoms with van der Waals surface area (Å²) in [4.78, 5) is 9.11. The highest BCUT2D eigenvalue weighted by atomic mass is 79.9. The molecule has 1 aromatic heterocycles. The van der Waals surface area contributed by atoms with E-state index in [0.29, 0.717) is 5.89 Å². The lowest BCUT2D eigenvalue weighted by atomic mass is 10.1. The number of aromatic nitrogens is 1. The average Bonchev–Trinajstić information content (AvgIpc) is 3.09. The molecule has 3 nitrogen and oxygen atoms in total. The van der Waals surface area contributed by atoms with Crippen molar-refractivity contribution in [2.45, 2.75) is 6.92 Å². The summed E-state index contributed by atoms with van der Waals surface area (Å²) in [7, 11) is 0. The zero-order chi connectivity index (χ0) is 18.6. The number of halogens is 1. The van der Waals surface area contributed by atoms with E-state index in [0.717, 1.165) is 38.0 Å². The molecule has 132 valence electrons. The smallest absolute Gasteiger partial charge is 0.227 e. The molecule has 0 aliphatic heterocycles. The Hall–Kier alpha value is -2.98. The molecule has 0 aliphatic carbocycles. The van der Waals surface area contributed by atoms with Crippen molar-refractivity contribution in [1.29, 1.82) is 0 Å². The van der Waals surface area contributed by atoms with Gasteiger partial charge in [0.2, 0.25) is 5.89 Å². The van der Waals surface area contributed by atoms with Gasteiger partial charge < -0.3 is 4.42 Å². The lowest BCUT2D eigenvalue weighted by Gasteiger charge is -1.98. The maximum atomic E-state index is 5.90. The first-order valence-corrected chi connectivity index (χ1v) is 9.41. The molecule has 0 bridgehead atoms. The highest BCUT2D eigenvalue weighted by molar-refractivity contribution is 9.10. The second-order valence-corrected chi connectivity index (χ2v) is 7.09. The molecule has 0 N–H and O–H groups in total. The van der Waals surface area contributed by atoms with Crippen molar-refractivity contribution in [3.8, 4) is 11.5 Å². The highest BCUT2D eigenvalue weighted by Gasteiger charge is 2.10. The Balaban J connectivity index is 1.56. The van der Waals surface area contributed by atoms with Crippen molar-refractivity contribution in [1.82, 2.24) is 4.98 Å². The summed E-state index contributed by atoms with van der Waals surface area (Å²) in [6, 6.07) is 22.0. The van der Waals surface area contributed by atoms with Crippen molar-refractivity contribution in [2.24, 2.45) is 4.99 Å². The first-order valence-electron chi connectivity index (χ1n) is 8.62. The molecule has 0 atom stereocenters. The number of benzene rings is 3. The monoisotopic (exact) mass is 416 g/mol. The Kier molecular flexibility index (Phi) is 4.99. The molecular weight excluding hydrogens is 400 g/mol. The Morgan fingerprint density at radius 1 is 1.00 bits per heavy atom. The van der Waals surface area contributed by atoms with Crippen LogP contribution in [0.15, 0.2) is 86.7 Å². The van der Waals surface area contributed by atoms with Crippen LogP contribution in [0.2, 0.25) is 0 Å². The normalized spacial score (nSPS) is 11.8. The number of nitrogens with zero attached hydrogens (tertiary/aromatic N) is 2. The van der Waals surface area contributed by atoms with Crippen LogP contribution in [0.3, 0.4) is 0 Å². The summed E-state index contributed by atoms with van der Waals surface area (Å²) in [5.41, 5.74) is 5.67. The number of oxazole rings is 1. The van der Waals surface area contributed by atoms with Gasteiger partial charge in [-0.05, 0) is 60.5 Å². The number of allylic oxidation sites excluding steroid dienone is 1. The van der Waals surface area contributed by atoms with Gasteiger partial charge in [-0.2, -0.15) is 0 Å². The summed E-state index contributed by atoms with van der Waals surface area (Å²) in [6.45, 7) is 2.05. The maximum absolute atomic E-state index is 5.90. The lowest BCUT2D eigenvalue weighted by Crippen LogP contribution is -1.81. The van der Waals surface area contributed by atoms with E-state index >= 15 is 0 Å². The Labute approximate surface area is 166 Å². The van der Waals surface area contributed by atoms with Gasteiger partial charge in [-0.15, -0.1) is 0 Å². The first kappa shape index (κ1) is 17.4. The van der Waals surface area contributed by atoms with Crippen molar-refractivity contribution in [3.63, 3.8) is 0 Å². The van der Waals surface area contributed by atoms with E-state index < -0.39 is 0 Å². The zero-order valence-corrected chi connectivity index (χ0v) is 16.3. The standard InChI is InChI=1S/C23H17BrN2O/c1-16-6-2-3-10-20(16)23-26-21-15-19(11-12-22(21)27-23)25-13-5-8-17-7-4-9-18(24)14-17/h2-15H,1H3/b8-5+,25-13?. The fraction of sp³-hybridized carbons (Fsp3) is 0.0435. The molecule has 27 heavy (non-hydrogen) atoms. The lowest BCUT2D eigenvalue weighted by molar-refractivity contribution is 0.619. The van der Waals surface area contributed by atoms with Gasteiger partial charge >= 0.3 is 0 Å². The molecule has 4 rings (SSSR count). The third-order valence-electron chi connectivity index (χ3n) is 4.19. The largest absolute Gasteiger partial charge is 0.436 e. The van der Waals surface area contributed by atoms with Gasteiger partial charge in [0.1, 0.15) is 5.52 Å². The van der Waals surface area contributed by atoms with E-state index in [1.807, 2.05) is 66.7 Å². The van der Waals surface area contributed by atoms with Crippen molar-refractivity contribution in [2.75, 3.05) is 0 Å². The molecular formula is C23H17BrN2O. The predicted octanol–water partition coefficient (Wildman–Crippen LogP) is 6.98. The van der Waals surface area contributed by atoms with Gasteiger partial charge in [0.15, 0.2) is 5.58 Å². The number of rotatable bonds is 4. The summed E-state index contributed by atoms with van der Waals surface area (Å²) in [5.74, 6) is 0.638. The summed E-state index contributed by atoms with van der Waals surface area (Å²) >= 11 is 3.47. The number of fused-ring (bicyclic) bond motifs is 1. The molecule has 0 amide bonds. The van der Waals surface area contributed by atoms with Crippen LogP contribution in [-0.4, -0.2) is 11.2 Å². The Morgan fingerprint density at radius 2 is 1.89 bits per heavy atom. The molecule has 0 spiro atoms. The van der Waals surface area contributed by atoms with Crippen LogP contribution in [0.1, 0.15) is 11.1 Å². The van der Waals surface area contributed by atoms with E-state index in [1.54, 1.807) is 6.21 Å². The SMILES string of the molecule is Cc1ccccc1-c1nc2cc(N=C/C=C/c3cccc(Br)c3)ccc2o1. The fourth-order valence-electron chi connectivity index (χ4n) is 2.82. The molecule has 0 unspecified atom stereocenters. The topological polar surface area (TPSA) is 38.4 Å². The zero-order valence-electron chi connectivity index (χ0n) is 14.8. The van der Waals surface area contributed by atoms with Crippen LogP contribution in [0.4, 0.5) is 5.69 Å². The quantitative estimate of drug-likeness (QED) is 0.336. The maximum Gasteiger partial charge on any atom is 0.227 e. The van der Waals surface area contributed by atoms with Gasteiger partial charge in [-0.25, -0.2) is 4.98 Å². The molecule has 0 saturated heterocycles. The van der Waals surface area contributed by atoms with E-state index in [1.165, 1.54) is 0 Å². The van der Waals surface area contributed by atoms with E-state index in [2.05, 4.69) is 45.0 Å². The van der Waals surface area contributed by atoms with Gasteiger partial charge in [-0.3, -0.25) is 4.99 Å². The van der Waals surface area contributed by atoms with Crippen LogP contribution >= 0.6 is 15.9 Å². The van der Waals surface area contributed by atoms with Crippen molar-refractivity contribution >= 4 is 45.0 Å². The first-order chi connectivity index (χ1) is 13.2. The molecule has 0 radical (unpaired) electrons. The minimum absolute atomic E-state index is 0.638. The number of aliphatic imine (C=N–C) groups is 1. The van der Waals surface area contributed by atoms with Crippen LogP contribution in [-0.2, 0) is 0 Å². The molecule has 0 aliphatic rings. The number of hydrogen-bond acceptors (Lipinski definition) is 3. The fourth-order valence-corrected chi connectivity index (χ4v) is 3.23. The van der Waals surface area contributed by atoms with Gasteiger partial charge in [0.25, 0.3) is 0 Å². The van der Waals surface area contributed by atoms with E-state index in [9.17, 15) is 0 Å². The van der Waals surface area contributed by atoms with Crippen LogP contribution in [0.25, 0.3) is 28.6 Å². The van der Waals surface area contributed by atoms with Crippen LogP contribution in [0, 0.1) is 6.92 Å². The van der Waals surface area contributed by atoms with Gasteiger partial charge in [-0.1, -0.05) is 52.3 Å². The summed E-state index contributed by atoms with van der Waals surface area (Å²) in [5, 5.41) is 0. The van der Waals surface area contributed by atoms with Gasteiger partial charge in [0.05, 0.1) is 5.69 Å². The van der Waals surface area contributed by atoms with Crippen molar-refractivity contribution < 1.29 is 4.42 Å². The predicted molar refractivity (Wildman–Crippen MR) is 116 cm³/mol. The number of hydrogen-bond donors (Lipinski definition) is 0. The second-order valence-electron chi connectivity index (χ2n) is 6.18. The van der Waals surface area contributed by atoms with Crippen LogP contribution in [0.5, 0.6) is 0 Å². The molecule has 0 fully saturated rings. The van der Waals surface area contributed by atoms with Crippen molar-refractivity contribution in [3.05, 3.63) is 88.4 Å². The van der Waals surface area contributed by atoms with Crippen LogP contribution < -0.4 is 0 Å². The summed E-state index contributed by atoms with van der Waals surface area (Å²) in [6.07, 6.45) is 5.72. The Morgan fingerprint density at radius 3 is 2.74 bits per heavy atom. The third kappa shape index (κ3) is 4.07. The second kappa shape index (κ2) is 7.72. The molecule has 0 saturated carbocycles. The third-order valence-corrected chi connectivity index (χ3v) is 4.69. The minimum Gasteiger partial charge on any atom is -0.436 e. The molecule has 1 heterocycles. The molecule has 3 aromatic carbocycles. The average molecular weight is 417 g/mol. The van der Waals surface area contributed by atoms with Gasteiger partial charge in [0, 0.05) is 16.3 Å². The molecule has 4 aromatic rings.